The van der Waals surface area contributed by atoms with Crippen LogP contribution in [0.3, 0.4) is 0 Å². The van der Waals surface area contributed by atoms with Crippen molar-refractivity contribution in [2.24, 2.45) is 0 Å². The van der Waals surface area contributed by atoms with E-state index in [9.17, 15) is 15.0 Å². The quantitative estimate of drug-likeness (QED) is 0.0420. The lowest BCUT2D eigenvalue weighted by atomic mass is 10.0. The Morgan fingerprint density at radius 2 is 0.612 bits per heavy atom. The van der Waals surface area contributed by atoms with E-state index in [1.165, 1.54) is 289 Å². The van der Waals surface area contributed by atoms with E-state index in [0.717, 1.165) is 32.1 Å². The van der Waals surface area contributed by atoms with Crippen LogP contribution in [0.15, 0.2) is 36.5 Å². The maximum atomic E-state index is 12.5. The van der Waals surface area contributed by atoms with Crippen molar-refractivity contribution in [2.45, 2.75) is 353 Å². The predicted octanol–water partition coefficient (Wildman–Crippen LogP) is 20.4. The minimum atomic E-state index is -0.839. The number of amides is 1. The number of hydrogen-bond donors (Lipinski definition) is 3. The highest BCUT2D eigenvalue weighted by Gasteiger charge is 2.18. The van der Waals surface area contributed by atoms with Gasteiger partial charge in [0, 0.05) is 6.42 Å². The van der Waals surface area contributed by atoms with Crippen LogP contribution in [0.5, 0.6) is 0 Å². The van der Waals surface area contributed by atoms with Gasteiger partial charge in [-0.3, -0.25) is 4.79 Å². The first-order valence-corrected chi connectivity index (χ1v) is 30.7. The maximum Gasteiger partial charge on any atom is 0.220 e. The monoisotopic (exact) mass is 940 g/mol. The van der Waals surface area contributed by atoms with Gasteiger partial charge in [-0.25, -0.2) is 0 Å². The average Bonchev–Trinajstić information content (AvgIpc) is 3.33. The third-order valence-electron chi connectivity index (χ3n) is 14.4. The SMILES string of the molecule is CCCCCCCCCCC/C=C\C/C=C\CCCCCCCCCCCCCCCCCCCC(=O)NC(CO)C(O)/C=C/CCCCCCCCCCCCCCCCCCCCCC. The Labute approximate surface area is 421 Å². The molecule has 2 atom stereocenters. The molecule has 67 heavy (non-hydrogen) atoms. The van der Waals surface area contributed by atoms with Crippen LogP contribution in [0.4, 0.5) is 0 Å². The van der Waals surface area contributed by atoms with Crippen LogP contribution >= 0.6 is 0 Å². The highest BCUT2D eigenvalue weighted by Crippen LogP contribution is 2.18. The molecule has 0 spiro atoms. The van der Waals surface area contributed by atoms with Gasteiger partial charge in [-0.05, 0) is 51.4 Å². The molecule has 4 heteroatoms. The topological polar surface area (TPSA) is 69.6 Å². The van der Waals surface area contributed by atoms with E-state index in [4.69, 9.17) is 0 Å². The zero-order valence-electron chi connectivity index (χ0n) is 45.7. The van der Waals surface area contributed by atoms with E-state index < -0.39 is 12.1 Å². The Morgan fingerprint density at radius 3 is 0.896 bits per heavy atom. The molecule has 0 aromatic heterocycles. The molecule has 2 unspecified atom stereocenters. The number of hydrogen-bond acceptors (Lipinski definition) is 3. The van der Waals surface area contributed by atoms with Crippen molar-refractivity contribution >= 4 is 5.91 Å². The van der Waals surface area contributed by atoms with Gasteiger partial charge in [0.1, 0.15) is 0 Å². The van der Waals surface area contributed by atoms with Crippen LogP contribution in [-0.2, 0) is 4.79 Å². The molecule has 0 bridgehead atoms. The first-order chi connectivity index (χ1) is 33.2. The van der Waals surface area contributed by atoms with Crippen molar-refractivity contribution in [3.8, 4) is 0 Å². The summed E-state index contributed by atoms with van der Waals surface area (Å²) in [7, 11) is 0. The van der Waals surface area contributed by atoms with Gasteiger partial charge in [-0.2, -0.15) is 0 Å². The molecule has 3 N–H and O–H groups in total. The molecule has 0 saturated carbocycles. The van der Waals surface area contributed by atoms with E-state index in [1.807, 2.05) is 6.08 Å². The summed E-state index contributed by atoms with van der Waals surface area (Å²) in [4.78, 5) is 12.5. The lowest BCUT2D eigenvalue weighted by Crippen LogP contribution is -2.45. The minimum Gasteiger partial charge on any atom is -0.394 e. The fourth-order valence-electron chi connectivity index (χ4n) is 9.68. The van der Waals surface area contributed by atoms with Crippen LogP contribution in [0.1, 0.15) is 341 Å². The average molecular weight is 941 g/mol. The van der Waals surface area contributed by atoms with E-state index in [-0.39, 0.29) is 12.5 Å². The Kier molecular flexibility index (Phi) is 57.7. The molecule has 396 valence electrons. The molecule has 0 aliphatic heterocycles. The molecule has 0 rings (SSSR count). The number of unbranched alkanes of at least 4 members (excludes halogenated alkanes) is 46. The van der Waals surface area contributed by atoms with Gasteiger partial charge in [0.25, 0.3) is 0 Å². The predicted molar refractivity (Wildman–Crippen MR) is 299 cm³/mol. The second-order valence-electron chi connectivity index (χ2n) is 21.1. The fraction of sp³-hybridized carbons (Fsp3) is 0.889. The van der Waals surface area contributed by atoms with Gasteiger partial charge < -0.3 is 15.5 Å². The molecule has 1 amide bonds. The standard InChI is InChI=1S/C63H121NO3/c1-3-5-7-9-11-13-15-17-19-21-23-25-27-28-29-30-31-32-33-34-35-36-37-39-41-43-45-47-49-51-53-55-57-59-63(67)64-61(60-65)62(66)58-56-54-52-50-48-46-44-42-40-38-26-24-22-20-18-16-14-12-10-8-6-4-2/h23,25,28-29,56,58,61-62,65-66H,3-22,24,26-27,30-55,57,59-60H2,1-2H3,(H,64,67)/b25-23-,29-28-,58-56+. The van der Waals surface area contributed by atoms with Crippen LogP contribution in [0.2, 0.25) is 0 Å². The lowest BCUT2D eigenvalue weighted by molar-refractivity contribution is -0.123. The fourth-order valence-corrected chi connectivity index (χ4v) is 9.68. The minimum absolute atomic E-state index is 0.0582. The summed E-state index contributed by atoms with van der Waals surface area (Å²) in [6, 6.07) is -0.622. The zero-order chi connectivity index (χ0) is 48.5. The van der Waals surface area contributed by atoms with E-state index in [0.29, 0.717) is 6.42 Å². The van der Waals surface area contributed by atoms with Gasteiger partial charge >= 0.3 is 0 Å². The summed E-state index contributed by atoms with van der Waals surface area (Å²) < 4.78 is 0. The van der Waals surface area contributed by atoms with Crippen molar-refractivity contribution in [2.75, 3.05) is 6.61 Å². The number of carbonyl (C=O) groups is 1. The van der Waals surface area contributed by atoms with E-state index >= 15 is 0 Å². The molecular weight excluding hydrogens is 819 g/mol. The first-order valence-electron chi connectivity index (χ1n) is 30.7. The van der Waals surface area contributed by atoms with Crippen LogP contribution < -0.4 is 5.32 Å². The summed E-state index contributed by atoms with van der Waals surface area (Å²) in [5.74, 6) is -0.0582. The Balaban J connectivity index is 3.45. The Hall–Kier alpha value is -1.39. The van der Waals surface area contributed by atoms with Crippen LogP contribution in [0.25, 0.3) is 0 Å². The van der Waals surface area contributed by atoms with Gasteiger partial charge in [-0.1, -0.05) is 320 Å². The first kappa shape index (κ1) is 65.6. The number of rotatable bonds is 57. The summed E-state index contributed by atoms with van der Waals surface area (Å²) in [5.41, 5.74) is 0. The molecule has 0 fully saturated rings. The molecule has 0 aliphatic rings. The summed E-state index contributed by atoms with van der Waals surface area (Å²) in [6.07, 6.45) is 80.4. The van der Waals surface area contributed by atoms with Crippen LogP contribution in [-0.4, -0.2) is 34.9 Å². The van der Waals surface area contributed by atoms with Crippen molar-refractivity contribution in [1.29, 1.82) is 0 Å². The highest BCUT2D eigenvalue weighted by atomic mass is 16.3. The largest absolute Gasteiger partial charge is 0.394 e. The zero-order valence-corrected chi connectivity index (χ0v) is 45.7. The van der Waals surface area contributed by atoms with Crippen molar-refractivity contribution < 1.29 is 15.0 Å². The molecule has 0 radical (unpaired) electrons. The smallest absolute Gasteiger partial charge is 0.220 e. The number of carbonyl (C=O) groups excluding carboxylic acids is 1. The van der Waals surface area contributed by atoms with Crippen molar-refractivity contribution in [3.05, 3.63) is 36.5 Å². The van der Waals surface area contributed by atoms with E-state index in [2.05, 4.69) is 43.5 Å². The molecule has 0 aromatic rings. The van der Waals surface area contributed by atoms with Crippen molar-refractivity contribution in [1.82, 2.24) is 5.32 Å². The maximum absolute atomic E-state index is 12.5. The molecule has 0 heterocycles. The van der Waals surface area contributed by atoms with Gasteiger partial charge in [-0.15, -0.1) is 0 Å². The Bertz CT molecular complexity index is 1020. The molecular formula is C63H121NO3. The molecule has 0 aromatic carbocycles. The number of aliphatic hydroxyl groups excluding tert-OH is 2. The number of nitrogens with one attached hydrogen (secondary N) is 1. The Morgan fingerprint density at radius 1 is 0.358 bits per heavy atom. The summed E-state index contributed by atoms with van der Waals surface area (Å²) in [6.45, 7) is 4.35. The normalized spacial score (nSPS) is 13.0. The highest BCUT2D eigenvalue weighted by molar-refractivity contribution is 5.76. The summed E-state index contributed by atoms with van der Waals surface area (Å²) >= 11 is 0. The number of allylic oxidation sites excluding steroid dienone is 5. The van der Waals surface area contributed by atoms with E-state index in [1.54, 1.807) is 6.08 Å². The second kappa shape index (κ2) is 58.9. The lowest BCUT2D eigenvalue weighted by Gasteiger charge is -2.20. The third-order valence-corrected chi connectivity index (χ3v) is 14.4. The third kappa shape index (κ3) is 55.4. The summed E-state index contributed by atoms with van der Waals surface area (Å²) in [5, 5.41) is 23.2. The van der Waals surface area contributed by atoms with Crippen LogP contribution in [0, 0.1) is 0 Å². The molecule has 0 saturated heterocycles. The second-order valence-corrected chi connectivity index (χ2v) is 21.1. The van der Waals surface area contributed by atoms with Crippen molar-refractivity contribution in [3.63, 3.8) is 0 Å². The van der Waals surface area contributed by atoms with Gasteiger partial charge in [0.15, 0.2) is 0 Å². The van der Waals surface area contributed by atoms with Gasteiger partial charge in [0.05, 0.1) is 18.8 Å². The molecule has 0 aliphatic carbocycles. The molecule has 4 nitrogen and oxygen atoms in total. The number of aliphatic hydroxyl groups is 2. The van der Waals surface area contributed by atoms with Gasteiger partial charge in [0.2, 0.25) is 5.91 Å².